The standard InChI is InChI=1S/C21H20F2N4O3/c22-15-4-2-14(3-5-15)11-26-13-19(28)27-9-1-8-25(12-18(27)21(26)30)20(29)16-6-7-24-10-17(16)23/h2-7,10,18H,1,8-9,11-13H2. The Hall–Kier alpha value is -3.36. The zero-order chi connectivity index (χ0) is 21.3. The molecule has 0 radical (unpaired) electrons. The molecule has 2 aliphatic heterocycles. The number of nitrogens with zero attached hydrogens (tertiary/aromatic N) is 4. The Bertz CT molecular complexity index is 982. The molecule has 3 heterocycles. The van der Waals surface area contributed by atoms with Crippen LogP contribution in [-0.2, 0) is 16.1 Å². The zero-order valence-electron chi connectivity index (χ0n) is 16.1. The first-order valence-electron chi connectivity index (χ1n) is 9.65. The Balaban J connectivity index is 1.54. The normalized spacial score (nSPS) is 19.5. The van der Waals surface area contributed by atoms with Crippen LogP contribution in [0.4, 0.5) is 8.78 Å². The average Bonchev–Trinajstić information content (AvgIpc) is 2.97. The molecule has 0 saturated carbocycles. The minimum atomic E-state index is -0.831. The van der Waals surface area contributed by atoms with Gasteiger partial charge in [0.15, 0.2) is 5.82 Å². The van der Waals surface area contributed by atoms with Gasteiger partial charge in [-0.15, -0.1) is 0 Å². The lowest BCUT2D eigenvalue weighted by Crippen LogP contribution is -2.61. The van der Waals surface area contributed by atoms with E-state index in [9.17, 15) is 23.2 Å². The zero-order valence-corrected chi connectivity index (χ0v) is 16.1. The summed E-state index contributed by atoms with van der Waals surface area (Å²) in [7, 11) is 0. The summed E-state index contributed by atoms with van der Waals surface area (Å²) in [6.07, 6.45) is 2.79. The summed E-state index contributed by atoms with van der Waals surface area (Å²) in [6, 6.07) is 6.20. The molecular weight excluding hydrogens is 394 g/mol. The maximum absolute atomic E-state index is 14.0. The highest BCUT2D eigenvalue weighted by atomic mass is 19.1. The van der Waals surface area contributed by atoms with Crippen molar-refractivity contribution in [2.24, 2.45) is 0 Å². The lowest BCUT2D eigenvalue weighted by molar-refractivity contribution is -0.156. The van der Waals surface area contributed by atoms with Crippen molar-refractivity contribution in [2.45, 2.75) is 19.0 Å². The monoisotopic (exact) mass is 414 g/mol. The van der Waals surface area contributed by atoms with Crippen molar-refractivity contribution in [1.29, 1.82) is 0 Å². The molecule has 0 N–H and O–H groups in total. The number of hydrogen-bond donors (Lipinski definition) is 0. The van der Waals surface area contributed by atoms with Crippen LogP contribution in [0.25, 0.3) is 0 Å². The highest BCUT2D eigenvalue weighted by Gasteiger charge is 2.42. The Morgan fingerprint density at radius 2 is 1.87 bits per heavy atom. The number of halogens is 2. The summed E-state index contributed by atoms with van der Waals surface area (Å²) in [4.78, 5) is 46.6. The van der Waals surface area contributed by atoms with Gasteiger partial charge in [0.2, 0.25) is 11.8 Å². The highest BCUT2D eigenvalue weighted by Crippen LogP contribution is 2.21. The van der Waals surface area contributed by atoms with Gasteiger partial charge in [-0.1, -0.05) is 12.1 Å². The number of fused-ring (bicyclic) bond motifs is 1. The van der Waals surface area contributed by atoms with Crippen molar-refractivity contribution in [3.05, 3.63) is 65.5 Å². The van der Waals surface area contributed by atoms with Gasteiger partial charge in [0.05, 0.1) is 18.3 Å². The fourth-order valence-electron chi connectivity index (χ4n) is 3.89. The number of piperazine rings is 1. The smallest absolute Gasteiger partial charge is 0.257 e. The molecule has 3 amide bonds. The molecular formula is C21H20F2N4O3. The summed E-state index contributed by atoms with van der Waals surface area (Å²) in [5, 5.41) is 0. The third-order valence-electron chi connectivity index (χ3n) is 5.42. The highest BCUT2D eigenvalue weighted by molar-refractivity contribution is 5.97. The Morgan fingerprint density at radius 1 is 1.10 bits per heavy atom. The summed E-state index contributed by atoms with van der Waals surface area (Å²) >= 11 is 0. The Kier molecular flexibility index (Phi) is 5.43. The molecule has 2 saturated heterocycles. The number of carbonyl (C=O) groups is 3. The van der Waals surface area contributed by atoms with E-state index in [0.717, 1.165) is 6.20 Å². The van der Waals surface area contributed by atoms with Gasteiger partial charge in [0, 0.05) is 25.8 Å². The number of rotatable bonds is 3. The number of benzene rings is 1. The quantitative estimate of drug-likeness (QED) is 0.762. The lowest BCUT2D eigenvalue weighted by Gasteiger charge is -2.40. The van der Waals surface area contributed by atoms with Crippen molar-refractivity contribution in [2.75, 3.05) is 26.2 Å². The molecule has 2 fully saturated rings. The number of carbonyl (C=O) groups excluding carboxylic acids is 3. The van der Waals surface area contributed by atoms with E-state index in [2.05, 4.69) is 4.98 Å². The van der Waals surface area contributed by atoms with E-state index in [0.29, 0.717) is 25.1 Å². The van der Waals surface area contributed by atoms with Crippen LogP contribution in [0, 0.1) is 11.6 Å². The molecule has 0 bridgehead atoms. The number of aromatic nitrogens is 1. The van der Waals surface area contributed by atoms with Gasteiger partial charge >= 0.3 is 0 Å². The van der Waals surface area contributed by atoms with Crippen LogP contribution >= 0.6 is 0 Å². The third kappa shape index (κ3) is 3.87. The van der Waals surface area contributed by atoms with E-state index in [1.54, 1.807) is 12.1 Å². The largest absolute Gasteiger partial charge is 0.336 e. The van der Waals surface area contributed by atoms with Gasteiger partial charge in [-0.2, -0.15) is 0 Å². The van der Waals surface area contributed by atoms with Gasteiger partial charge < -0.3 is 14.7 Å². The van der Waals surface area contributed by atoms with Gasteiger partial charge in [-0.25, -0.2) is 8.78 Å². The molecule has 7 nitrogen and oxygen atoms in total. The van der Waals surface area contributed by atoms with Gasteiger partial charge in [0.1, 0.15) is 18.4 Å². The first kappa shape index (κ1) is 19.9. The van der Waals surface area contributed by atoms with Crippen LogP contribution in [0.2, 0.25) is 0 Å². The minimum Gasteiger partial charge on any atom is -0.336 e. The van der Waals surface area contributed by atoms with Gasteiger partial charge in [0.25, 0.3) is 5.91 Å². The van der Waals surface area contributed by atoms with Crippen LogP contribution < -0.4 is 0 Å². The molecule has 1 unspecified atom stereocenters. The minimum absolute atomic E-state index is 0.00884. The molecule has 9 heteroatoms. The predicted octanol–water partition coefficient (Wildman–Crippen LogP) is 1.45. The number of amides is 3. The fraction of sp³-hybridized carbons (Fsp3) is 0.333. The van der Waals surface area contributed by atoms with Crippen molar-refractivity contribution in [3.8, 4) is 0 Å². The summed E-state index contributed by atoms with van der Waals surface area (Å²) in [6.45, 7) is 0.751. The molecule has 1 aromatic heterocycles. The molecule has 1 atom stereocenters. The molecule has 2 aromatic rings. The molecule has 156 valence electrons. The fourth-order valence-corrected chi connectivity index (χ4v) is 3.89. The van der Waals surface area contributed by atoms with E-state index in [4.69, 9.17) is 0 Å². The first-order valence-corrected chi connectivity index (χ1v) is 9.65. The maximum atomic E-state index is 14.0. The van der Waals surface area contributed by atoms with Crippen LogP contribution in [0.5, 0.6) is 0 Å². The number of pyridine rings is 1. The SMILES string of the molecule is O=C(c1ccncc1F)N1CCCN2C(=O)CN(Cc3ccc(F)cc3)C(=O)C2C1. The van der Waals surface area contributed by atoms with E-state index >= 15 is 0 Å². The maximum Gasteiger partial charge on any atom is 0.257 e. The summed E-state index contributed by atoms with van der Waals surface area (Å²) < 4.78 is 27.2. The van der Waals surface area contributed by atoms with E-state index in [1.807, 2.05) is 0 Å². The van der Waals surface area contributed by atoms with Crippen molar-refractivity contribution >= 4 is 17.7 Å². The molecule has 30 heavy (non-hydrogen) atoms. The number of hydrogen-bond acceptors (Lipinski definition) is 4. The van der Waals surface area contributed by atoms with Crippen molar-refractivity contribution in [3.63, 3.8) is 0 Å². The first-order chi connectivity index (χ1) is 14.4. The molecule has 0 spiro atoms. The molecule has 2 aliphatic rings. The summed E-state index contributed by atoms with van der Waals surface area (Å²) in [5.74, 6) is -2.13. The summed E-state index contributed by atoms with van der Waals surface area (Å²) in [5.41, 5.74) is 0.586. The van der Waals surface area contributed by atoms with Crippen LogP contribution in [0.1, 0.15) is 22.3 Å². The third-order valence-corrected chi connectivity index (χ3v) is 5.42. The lowest BCUT2D eigenvalue weighted by atomic mass is 10.1. The van der Waals surface area contributed by atoms with Gasteiger partial charge in [-0.3, -0.25) is 19.4 Å². The van der Waals surface area contributed by atoms with E-state index < -0.39 is 17.8 Å². The van der Waals surface area contributed by atoms with Crippen molar-refractivity contribution in [1.82, 2.24) is 19.7 Å². The van der Waals surface area contributed by atoms with Crippen LogP contribution in [0.15, 0.2) is 42.7 Å². The molecule has 0 aliphatic carbocycles. The van der Waals surface area contributed by atoms with E-state index in [-0.39, 0.29) is 42.8 Å². The second kappa shape index (κ2) is 8.17. The molecule has 4 rings (SSSR count). The van der Waals surface area contributed by atoms with Crippen LogP contribution in [0.3, 0.4) is 0 Å². The van der Waals surface area contributed by atoms with Gasteiger partial charge in [-0.05, 0) is 30.2 Å². The molecule has 1 aromatic carbocycles. The average molecular weight is 414 g/mol. The Morgan fingerprint density at radius 3 is 2.60 bits per heavy atom. The van der Waals surface area contributed by atoms with Crippen molar-refractivity contribution < 1.29 is 23.2 Å². The topological polar surface area (TPSA) is 73.8 Å². The predicted molar refractivity (Wildman–Crippen MR) is 102 cm³/mol. The second-order valence-electron chi connectivity index (χ2n) is 7.38. The second-order valence-corrected chi connectivity index (χ2v) is 7.38. The van der Waals surface area contributed by atoms with Crippen LogP contribution in [-0.4, -0.2) is 69.6 Å². The van der Waals surface area contributed by atoms with E-state index in [1.165, 1.54) is 39.1 Å². The Labute approximate surface area is 171 Å².